The number of anilines is 4. The van der Waals surface area contributed by atoms with Crippen molar-refractivity contribution in [2.24, 2.45) is 0 Å². The minimum atomic E-state index is -0.552. The molecule has 1 amide bonds. The van der Waals surface area contributed by atoms with Gasteiger partial charge in [0.05, 0.1) is 45.1 Å². The maximum Gasteiger partial charge on any atom is 0.223 e. The molecule has 1 saturated heterocycles. The lowest BCUT2D eigenvalue weighted by Crippen LogP contribution is -2.46. The lowest BCUT2D eigenvalue weighted by atomic mass is 9.98. The van der Waals surface area contributed by atoms with Crippen LogP contribution in [0.1, 0.15) is 69.4 Å². The number of aromatic nitrogens is 4. The maximum absolute atomic E-state index is 13.9. The SMILES string of the molecule is CC(=O)N(C)c1cccc([C@H](Nc2cc(Cl)c3ncc(C#N)c(Nc4ccc(F)c(Cl)c4)c3c2)c2cn(C3CCN(C(C)(C)C)CC3)nn2)c1. The number of nitriles is 1. The first-order chi connectivity index (χ1) is 23.8. The Kier molecular flexibility index (Phi) is 9.98. The summed E-state index contributed by atoms with van der Waals surface area (Å²) in [5.41, 5.74) is 4.68. The largest absolute Gasteiger partial charge is 0.373 e. The van der Waals surface area contributed by atoms with Crippen molar-refractivity contribution in [2.75, 3.05) is 35.7 Å². The molecule has 0 aliphatic carbocycles. The number of piperidine rings is 1. The van der Waals surface area contributed by atoms with Crippen molar-refractivity contribution in [3.05, 3.63) is 99.7 Å². The molecule has 0 radical (unpaired) electrons. The molecule has 3 aromatic carbocycles. The zero-order valence-electron chi connectivity index (χ0n) is 28.5. The van der Waals surface area contributed by atoms with Crippen molar-refractivity contribution >= 4 is 62.8 Å². The Morgan fingerprint density at radius 1 is 1.08 bits per heavy atom. The number of amides is 1. The second-order valence-electron chi connectivity index (χ2n) is 13.5. The molecule has 6 rings (SSSR count). The Morgan fingerprint density at radius 3 is 2.50 bits per heavy atom. The summed E-state index contributed by atoms with van der Waals surface area (Å²) < 4.78 is 15.9. The van der Waals surface area contributed by atoms with Crippen molar-refractivity contribution in [2.45, 2.75) is 58.2 Å². The van der Waals surface area contributed by atoms with Crippen molar-refractivity contribution in [3.63, 3.8) is 0 Å². The summed E-state index contributed by atoms with van der Waals surface area (Å²) in [5, 5.41) is 26.9. The summed E-state index contributed by atoms with van der Waals surface area (Å²) in [7, 11) is 1.73. The molecular formula is C37H38Cl2FN9O. The Morgan fingerprint density at radius 2 is 1.82 bits per heavy atom. The smallest absolute Gasteiger partial charge is 0.223 e. The van der Waals surface area contributed by atoms with E-state index in [0.29, 0.717) is 38.7 Å². The topological polar surface area (TPSA) is 115 Å². The minimum Gasteiger partial charge on any atom is -0.373 e. The third-order valence-electron chi connectivity index (χ3n) is 9.22. The van der Waals surface area contributed by atoms with Crippen LogP contribution in [0.25, 0.3) is 10.9 Å². The van der Waals surface area contributed by atoms with Crippen molar-refractivity contribution < 1.29 is 9.18 Å². The predicted octanol–water partition coefficient (Wildman–Crippen LogP) is 8.51. The fraction of sp³-hybridized carbons (Fsp3) is 0.324. The number of nitrogens with zero attached hydrogens (tertiary/aromatic N) is 7. The van der Waals surface area contributed by atoms with E-state index < -0.39 is 11.9 Å². The molecule has 0 bridgehead atoms. The molecule has 10 nitrogen and oxygen atoms in total. The number of rotatable bonds is 8. The fourth-order valence-corrected chi connectivity index (χ4v) is 6.72. The van der Waals surface area contributed by atoms with Gasteiger partial charge in [-0.15, -0.1) is 5.10 Å². The molecule has 5 aromatic rings. The van der Waals surface area contributed by atoms with Crippen LogP contribution >= 0.6 is 23.2 Å². The maximum atomic E-state index is 13.9. The van der Waals surface area contributed by atoms with E-state index in [-0.39, 0.29) is 28.1 Å². The summed E-state index contributed by atoms with van der Waals surface area (Å²) in [6.07, 6.45) is 5.35. The molecule has 2 aromatic heterocycles. The van der Waals surface area contributed by atoms with Crippen LogP contribution < -0.4 is 15.5 Å². The van der Waals surface area contributed by atoms with E-state index in [1.54, 1.807) is 18.0 Å². The molecule has 0 saturated carbocycles. The number of likely N-dealkylation sites (tertiary alicyclic amines) is 1. The molecule has 258 valence electrons. The first-order valence-electron chi connectivity index (χ1n) is 16.3. The van der Waals surface area contributed by atoms with Crippen LogP contribution in [-0.2, 0) is 4.79 Å². The van der Waals surface area contributed by atoms with Crippen molar-refractivity contribution in [3.8, 4) is 6.07 Å². The van der Waals surface area contributed by atoms with E-state index in [2.05, 4.69) is 57.7 Å². The average Bonchev–Trinajstić information content (AvgIpc) is 3.58. The van der Waals surface area contributed by atoms with Gasteiger partial charge >= 0.3 is 0 Å². The number of halogens is 3. The van der Waals surface area contributed by atoms with Crippen LogP contribution in [0.15, 0.2) is 67.0 Å². The molecule has 0 spiro atoms. The minimum absolute atomic E-state index is 0.0550. The van der Waals surface area contributed by atoms with Crippen LogP contribution in [0, 0.1) is 17.1 Å². The van der Waals surface area contributed by atoms with Gasteiger partial charge in [0.15, 0.2) is 0 Å². The average molecular weight is 715 g/mol. The normalized spacial score (nSPS) is 14.7. The fourth-order valence-electron chi connectivity index (χ4n) is 6.27. The molecule has 2 N–H and O–H groups in total. The zero-order chi connectivity index (χ0) is 35.7. The van der Waals surface area contributed by atoms with Gasteiger partial charge in [0, 0.05) is 61.2 Å². The number of carbonyl (C=O) groups is 1. The van der Waals surface area contributed by atoms with Crippen molar-refractivity contribution in [1.82, 2.24) is 24.9 Å². The quantitative estimate of drug-likeness (QED) is 0.165. The van der Waals surface area contributed by atoms with E-state index in [0.717, 1.165) is 37.2 Å². The van der Waals surface area contributed by atoms with Gasteiger partial charge in [0.2, 0.25) is 5.91 Å². The highest BCUT2D eigenvalue weighted by Crippen LogP contribution is 2.38. The number of hydrogen-bond acceptors (Lipinski definition) is 8. The van der Waals surface area contributed by atoms with Gasteiger partial charge in [-0.05, 0) is 81.6 Å². The van der Waals surface area contributed by atoms with E-state index in [9.17, 15) is 14.4 Å². The molecule has 1 fully saturated rings. The van der Waals surface area contributed by atoms with Gasteiger partial charge in [-0.1, -0.05) is 40.5 Å². The van der Waals surface area contributed by atoms with Gasteiger partial charge in [0.25, 0.3) is 0 Å². The lowest BCUT2D eigenvalue weighted by Gasteiger charge is -2.40. The van der Waals surface area contributed by atoms with Gasteiger partial charge in [-0.3, -0.25) is 14.7 Å². The van der Waals surface area contributed by atoms with E-state index in [4.69, 9.17) is 23.2 Å². The second-order valence-corrected chi connectivity index (χ2v) is 14.3. The second kappa shape index (κ2) is 14.2. The number of hydrogen-bond donors (Lipinski definition) is 2. The van der Waals surface area contributed by atoms with Gasteiger partial charge in [0.1, 0.15) is 17.6 Å². The highest BCUT2D eigenvalue weighted by molar-refractivity contribution is 6.36. The number of benzene rings is 3. The van der Waals surface area contributed by atoms with Gasteiger partial charge < -0.3 is 15.5 Å². The number of pyridine rings is 1. The van der Waals surface area contributed by atoms with E-state index in [1.165, 1.54) is 31.3 Å². The molecule has 0 unspecified atom stereocenters. The molecule has 50 heavy (non-hydrogen) atoms. The Bertz CT molecular complexity index is 2100. The van der Waals surface area contributed by atoms with Crippen LogP contribution in [-0.4, -0.2) is 56.5 Å². The van der Waals surface area contributed by atoms with Gasteiger partial charge in [-0.2, -0.15) is 5.26 Å². The lowest BCUT2D eigenvalue weighted by molar-refractivity contribution is -0.116. The summed E-state index contributed by atoms with van der Waals surface area (Å²) in [5.74, 6) is -0.646. The van der Waals surface area contributed by atoms with E-state index in [1.807, 2.05) is 41.2 Å². The molecular weight excluding hydrogens is 676 g/mol. The number of nitrogens with one attached hydrogen (secondary N) is 2. The summed E-state index contributed by atoms with van der Waals surface area (Å²) in [6, 6.07) is 17.5. The van der Waals surface area contributed by atoms with E-state index >= 15 is 0 Å². The Balaban J connectivity index is 1.40. The van der Waals surface area contributed by atoms with Crippen LogP contribution in [0.4, 0.5) is 27.1 Å². The molecule has 1 aliphatic rings. The molecule has 1 aliphatic heterocycles. The standard InChI is InChI=1S/C37H38Cl2FN9O/c1-22(50)47(5)28-8-6-7-23(15-28)35(33-21-49(46-45-33)27-11-13-48(14-12-27)37(2,3)4)44-26-16-29-34(43-25-9-10-32(40)30(38)17-25)24(19-41)20-42-36(29)31(39)18-26/h6-10,15-18,20-21,27,35,44H,11-14H2,1-5H3,(H,42,43)/t35-/m0/s1. The summed E-state index contributed by atoms with van der Waals surface area (Å²) >= 11 is 12.9. The number of carbonyl (C=O) groups excluding carboxylic acids is 1. The Hall–Kier alpha value is -4.76. The highest BCUT2D eigenvalue weighted by Gasteiger charge is 2.29. The Labute approximate surface area is 300 Å². The zero-order valence-corrected chi connectivity index (χ0v) is 30.0. The number of fused-ring (bicyclic) bond motifs is 1. The van der Waals surface area contributed by atoms with Crippen LogP contribution in [0.2, 0.25) is 10.0 Å². The predicted molar refractivity (Wildman–Crippen MR) is 197 cm³/mol. The third-order valence-corrected chi connectivity index (χ3v) is 9.80. The first-order valence-corrected chi connectivity index (χ1v) is 17.1. The monoisotopic (exact) mass is 713 g/mol. The molecule has 3 heterocycles. The third kappa shape index (κ3) is 7.38. The molecule has 13 heteroatoms. The van der Waals surface area contributed by atoms with Crippen molar-refractivity contribution in [1.29, 1.82) is 5.26 Å². The highest BCUT2D eigenvalue weighted by atomic mass is 35.5. The first kappa shape index (κ1) is 35.1. The molecule has 1 atom stereocenters. The van der Waals surface area contributed by atoms with Crippen LogP contribution in [0.3, 0.4) is 0 Å². The summed E-state index contributed by atoms with van der Waals surface area (Å²) in [4.78, 5) is 20.8. The van der Waals surface area contributed by atoms with Gasteiger partial charge in [-0.25, -0.2) is 9.07 Å². The van der Waals surface area contributed by atoms with Crippen LogP contribution in [0.5, 0.6) is 0 Å². The summed E-state index contributed by atoms with van der Waals surface area (Å²) in [6.45, 7) is 10.2.